The van der Waals surface area contributed by atoms with Gasteiger partial charge in [0.2, 0.25) is 0 Å². The lowest BCUT2D eigenvalue weighted by Crippen LogP contribution is -2.51. The van der Waals surface area contributed by atoms with Gasteiger partial charge in [0, 0.05) is 25.7 Å². The van der Waals surface area contributed by atoms with Crippen molar-refractivity contribution in [3.8, 4) is 5.75 Å². The summed E-state index contributed by atoms with van der Waals surface area (Å²) in [5.74, 6) is -0.278. The Morgan fingerprint density at radius 3 is 3.00 bits per heavy atom. The van der Waals surface area contributed by atoms with Crippen LogP contribution in [-0.2, 0) is 0 Å². The van der Waals surface area contributed by atoms with Crippen LogP contribution in [0.2, 0.25) is 0 Å². The molecular formula is C11H15ClF2N2O2S. The third-order valence-corrected chi connectivity index (χ3v) is 3.58. The molecule has 1 aliphatic heterocycles. The summed E-state index contributed by atoms with van der Waals surface area (Å²) < 4.78 is 28.7. The molecule has 0 radical (unpaired) electrons. The Balaban J connectivity index is 0.00000180. The Labute approximate surface area is 120 Å². The molecule has 1 unspecified atom stereocenters. The summed E-state index contributed by atoms with van der Waals surface area (Å²) >= 11 is 1.12. The summed E-state index contributed by atoms with van der Waals surface area (Å²) in [5, 5.41) is 4.80. The van der Waals surface area contributed by atoms with Crippen LogP contribution in [-0.4, -0.2) is 43.1 Å². The van der Waals surface area contributed by atoms with Gasteiger partial charge in [-0.3, -0.25) is 4.79 Å². The lowest BCUT2D eigenvalue weighted by Gasteiger charge is -2.31. The van der Waals surface area contributed by atoms with Crippen molar-refractivity contribution < 1.29 is 18.3 Å². The van der Waals surface area contributed by atoms with Crippen LogP contribution >= 0.6 is 23.7 Å². The van der Waals surface area contributed by atoms with Gasteiger partial charge in [0.15, 0.2) is 0 Å². The zero-order chi connectivity index (χ0) is 13.1. The largest absolute Gasteiger partial charge is 0.433 e. The van der Waals surface area contributed by atoms with Crippen molar-refractivity contribution in [3.63, 3.8) is 0 Å². The molecule has 2 rings (SSSR count). The molecule has 108 valence electrons. The van der Waals surface area contributed by atoms with Crippen molar-refractivity contribution in [1.82, 2.24) is 10.2 Å². The smallest absolute Gasteiger partial charge is 0.387 e. The normalized spacial score (nSPS) is 19.2. The molecule has 1 aromatic heterocycles. The number of piperazine rings is 1. The van der Waals surface area contributed by atoms with Gasteiger partial charge in [0.1, 0.15) is 10.6 Å². The minimum atomic E-state index is -2.91. The minimum absolute atomic E-state index is 0. The van der Waals surface area contributed by atoms with Crippen LogP contribution < -0.4 is 10.1 Å². The van der Waals surface area contributed by atoms with Crippen LogP contribution in [0.25, 0.3) is 0 Å². The number of carbonyl (C=O) groups excluding carboxylic acids is 1. The molecule has 1 aliphatic rings. The first kappa shape index (κ1) is 16.1. The van der Waals surface area contributed by atoms with E-state index in [1.807, 2.05) is 6.92 Å². The Morgan fingerprint density at radius 2 is 2.37 bits per heavy atom. The Bertz CT molecular complexity index is 431. The quantitative estimate of drug-likeness (QED) is 0.930. The summed E-state index contributed by atoms with van der Waals surface area (Å²) in [6, 6.07) is 1.61. The second-order valence-corrected chi connectivity index (χ2v) is 5.01. The average Bonchev–Trinajstić information content (AvgIpc) is 2.75. The molecule has 0 aliphatic carbocycles. The molecule has 0 spiro atoms. The third-order valence-electron chi connectivity index (χ3n) is 2.70. The van der Waals surface area contributed by atoms with Crippen LogP contribution in [0.15, 0.2) is 11.4 Å². The zero-order valence-electron chi connectivity index (χ0n) is 10.3. The van der Waals surface area contributed by atoms with E-state index < -0.39 is 6.61 Å². The fourth-order valence-electron chi connectivity index (χ4n) is 1.90. The fraction of sp³-hybridized carbons (Fsp3) is 0.545. The van der Waals surface area contributed by atoms with E-state index in [9.17, 15) is 13.6 Å². The van der Waals surface area contributed by atoms with E-state index in [0.29, 0.717) is 19.6 Å². The zero-order valence-corrected chi connectivity index (χ0v) is 11.9. The van der Waals surface area contributed by atoms with Crippen LogP contribution in [0.3, 0.4) is 0 Å². The van der Waals surface area contributed by atoms with Gasteiger partial charge < -0.3 is 15.0 Å². The lowest BCUT2D eigenvalue weighted by atomic mass is 10.2. The molecular weight excluding hydrogens is 298 g/mol. The van der Waals surface area contributed by atoms with Gasteiger partial charge in [-0.2, -0.15) is 8.78 Å². The first-order valence-corrected chi connectivity index (χ1v) is 6.51. The first-order chi connectivity index (χ1) is 8.58. The molecule has 0 bridgehead atoms. The summed E-state index contributed by atoms with van der Waals surface area (Å²) in [4.78, 5) is 14.1. The minimum Gasteiger partial charge on any atom is -0.433 e. The van der Waals surface area contributed by atoms with Gasteiger partial charge in [0.25, 0.3) is 5.91 Å². The molecule has 1 saturated heterocycles. The highest BCUT2D eigenvalue weighted by Crippen LogP contribution is 2.28. The molecule has 1 fully saturated rings. The number of ether oxygens (including phenoxy) is 1. The topological polar surface area (TPSA) is 41.6 Å². The van der Waals surface area contributed by atoms with Gasteiger partial charge >= 0.3 is 6.61 Å². The number of hydrogen-bond acceptors (Lipinski definition) is 4. The molecule has 1 aromatic rings. The van der Waals surface area contributed by atoms with Crippen molar-refractivity contribution in [2.45, 2.75) is 19.6 Å². The maximum Gasteiger partial charge on any atom is 0.387 e. The first-order valence-electron chi connectivity index (χ1n) is 5.63. The van der Waals surface area contributed by atoms with Crippen LogP contribution in [0, 0.1) is 0 Å². The number of rotatable bonds is 3. The number of thiophene rings is 1. The lowest BCUT2D eigenvalue weighted by molar-refractivity contribution is -0.0499. The fourth-order valence-corrected chi connectivity index (χ4v) is 2.69. The number of nitrogens with one attached hydrogen (secondary N) is 1. The Morgan fingerprint density at radius 1 is 1.63 bits per heavy atom. The Hall–Kier alpha value is -0.920. The molecule has 1 N–H and O–H groups in total. The highest BCUT2D eigenvalue weighted by Gasteiger charge is 2.25. The van der Waals surface area contributed by atoms with Gasteiger partial charge in [-0.05, 0) is 18.4 Å². The standard InChI is InChI=1S/C11H14F2N2O2S.ClH/c1-7-6-15(4-3-14-7)10(16)9-8(2-5-18-9)17-11(12)13;/h2,5,7,11,14H,3-4,6H2,1H3;1H. The third kappa shape index (κ3) is 4.02. The predicted octanol–water partition coefficient (Wildman–Crippen LogP) is 2.21. The highest BCUT2D eigenvalue weighted by atomic mass is 35.5. The number of alkyl halides is 2. The van der Waals surface area contributed by atoms with Gasteiger partial charge in [-0.15, -0.1) is 23.7 Å². The monoisotopic (exact) mass is 312 g/mol. The SMILES string of the molecule is CC1CN(C(=O)c2sccc2OC(F)F)CCN1.Cl. The van der Waals surface area contributed by atoms with Crippen molar-refractivity contribution >= 4 is 29.7 Å². The van der Waals surface area contributed by atoms with E-state index in [4.69, 9.17) is 0 Å². The van der Waals surface area contributed by atoms with E-state index in [-0.39, 0.29) is 35.0 Å². The number of amides is 1. The van der Waals surface area contributed by atoms with Crippen molar-refractivity contribution in [2.24, 2.45) is 0 Å². The average molecular weight is 313 g/mol. The van der Waals surface area contributed by atoms with E-state index in [1.54, 1.807) is 10.3 Å². The van der Waals surface area contributed by atoms with E-state index in [0.717, 1.165) is 11.3 Å². The molecule has 0 saturated carbocycles. The number of nitrogens with zero attached hydrogens (tertiary/aromatic N) is 1. The number of halogens is 3. The summed E-state index contributed by atoms with van der Waals surface area (Å²) in [6.45, 7) is 0.932. The molecule has 1 atom stereocenters. The van der Waals surface area contributed by atoms with E-state index in [1.165, 1.54) is 6.07 Å². The molecule has 0 aromatic carbocycles. The summed E-state index contributed by atoms with van der Waals surface area (Å²) in [6.07, 6.45) is 0. The molecule has 4 nitrogen and oxygen atoms in total. The molecule has 8 heteroatoms. The van der Waals surface area contributed by atoms with Crippen LogP contribution in [0.4, 0.5) is 8.78 Å². The second kappa shape index (κ2) is 7.02. The van der Waals surface area contributed by atoms with Crippen molar-refractivity contribution in [1.29, 1.82) is 0 Å². The summed E-state index contributed by atoms with van der Waals surface area (Å²) in [5.41, 5.74) is 0. The maximum absolute atomic E-state index is 12.2. The van der Waals surface area contributed by atoms with Crippen molar-refractivity contribution in [3.05, 3.63) is 16.3 Å². The molecule has 19 heavy (non-hydrogen) atoms. The molecule has 1 amide bonds. The van der Waals surface area contributed by atoms with Crippen LogP contribution in [0.1, 0.15) is 16.6 Å². The van der Waals surface area contributed by atoms with Crippen LogP contribution in [0.5, 0.6) is 5.75 Å². The van der Waals surface area contributed by atoms with E-state index >= 15 is 0 Å². The highest BCUT2D eigenvalue weighted by molar-refractivity contribution is 7.12. The van der Waals surface area contributed by atoms with Gasteiger partial charge in [-0.25, -0.2) is 0 Å². The number of hydrogen-bond donors (Lipinski definition) is 1. The number of carbonyl (C=O) groups is 1. The van der Waals surface area contributed by atoms with Gasteiger partial charge in [0.05, 0.1) is 0 Å². The van der Waals surface area contributed by atoms with Crippen molar-refractivity contribution in [2.75, 3.05) is 19.6 Å². The van der Waals surface area contributed by atoms with Gasteiger partial charge in [-0.1, -0.05) is 0 Å². The maximum atomic E-state index is 12.2. The Kier molecular flexibility index (Phi) is 5.96. The predicted molar refractivity (Wildman–Crippen MR) is 71.6 cm³/mol. The molecule has 2 heterocycles. The van der Waals surface area contributed by atoms with E-state index in [2.05, 4.69) is 10.1 Å². The second-order valence-electron chi connectivity index (χ2n) is 4.10. The summed E-state index contributed by atoms with van der Waals surface area (Å²) in [7, 11) is 0.